The fourth-order valence-corrected chi connectivity index (χ4v) is 2.68. The van der Waals surface area contributed by atoms with Crippen LogP contribution in [0, 0.1) is 5.82 Å². The monoisotopic (exact) mass is 300 g/mol. The van der Waals surface area contributed by atoms with Gasteiger partial charge in [0.2, 0.25) is 0 Å². The number of amides is 2. The first-order valence-corrected chi connectivity index (χ1v) is 7.29. The molecule has 2 N–H and O–H groups in total. The molecule has 0 aromatic heterocycles. The number of halogens is 1. The fourth-order valence-electron chi connectivity index (χ4n) is 2.68. The minimum absolute atomic E-state index is 0.208. The van der Waals surface area contributed by atoms with E-state index >= 15 is 0 Å². The molecule has 4 nitrogen and oxygen atoms in total. The van der Waals surface area contributed by atoms with Crippen molar-refractivity contribution >= 4 is 17.4 Å². The minimum atomic E-state index is -0.339. The van der Waals surface area contributed by atoms with E-state index in [4.69, 9.17) is 0 Å². The van der Waals surface area contributed by atoms with Gasteiger partial charge in [-0.2, -0.15) is 0 Å². The van der Waals surface area contributed by atoms with Gasteiger partial charge in [0.15, 0.2) is 0 Å². The molecule has 3 rings (SSSR count). The van der Waals surface area contributed by atoms with Crippen molar-refractivity contribution in [1.29, 1.82) is 0 Å². The Kier molecular flexibility index (Phi) is 3.96. The highest BCUT2D eigenvalue weighted by Gasteiger charge is 2.21. The summed E-state index contributed by atoms with van der Waals surface area (Å²) in [6.07, 6.45) is 2.70. The quantitative estimate of drug-likeness (QED) is 0.839. The molecule has 0 saturated heterocycles. The van der Waals surface area contributed by atoms with Gasteiger partial charge in [0.25, 0.3) is 0 Å². The van der Waals surface area contributed by atoms with Gasteiger partial charge in [0.1, 0.15) is 11.6 Å². The Hall–Kier alpha value is -2.56. The molecule has 5 heteroatoms. The number of aromatic hydroxyl groups is 1. The number of phenols is 1. The van der Waals surface area contributed by atoms with Crippen molar-refractivity contribution in [3.05, 3.63) is 53.8 Å². The van der Waals surface area contributed by atoms with Gasteiger partial charge in [-0.1, -0.05) is 0 Å². The number of nitrogens with one attached hydrogen (secondary N) is 1. The first kappa shape index (κ1) is 14.4. The molecule has 0 fully saturated rings. The predicted octanol–water partition coefficient (Wildman–Crippen LogP) is 3.91. The first-order valence-electron chi connectivity index (χ1n) is 7.29. The van der Waals surface area contributed by atoms with E-state index in [-0.39, 0.29) is 17.6 Å². The summed E-state index contributed by atoms with van der Waals surface area (Å²) >= 11 is 0. The van der Waals surface area contributed by atoms with Gasteiger partial charge in [0.05, 0.1) is 0 Å². The Bertz CT molecular complexity index is 686. The topological polar surface area (TPSA) is 52.6 Å². The molecular weight excluding hydrogens is 283 g/mol. The van der Waals surface area contributed by atoms with Crippen LogP contribution in [0.4, 0.5) is 20.6 Å². The molecule has 1 aliphatic heterocycles. The highest BCUT2D eigenvalue weighted by molar-refractivity contribution is 6.02. The Labute approximate surface area is 128 Å². The molecule has 0 atom stereocenters. The number of hydrogen-bond donors (Lipinski definition) is 2. The summed E-state index contributed by atoms with van der Waals surface area (Å²) in [5, 5.41) is 12.4. The van der Waals surface area contributed by atoms with Crippen molar-refractivity contribution in [1.82, 2.24) is 0 Å². The lowest BCUT2D eigenvalue weighted by molar-refractivity contribution is 0.257. The Balaban J connectivity index is 1.84. The predicted molar refractivity (Wildman–Crippen MR) is 83.8 cm³/mol. The van der Waals surface area contributed by atoms with Gasteiger partial charge in [-0.3, -0.25) is 4.90 Å². The maximum atomic E-state index is 12.9. The van der Waals surface area contributed by atoms with Gasteiger partial charge >= 0.3 is 6.03 Å². The number of urea groups is 1. The van der Waals surface area contributed by atoms with Crippen molar-refractivity contribution < 1.29 is 14.3 Å². The van der Waals surface area contributed by atoms with Crippen molar-refractivity contribution in [2.24, 2.45) is 0 Å². The largest absolute Gasteiger partial charge is 0.508 e. The van der Waals surface area contributed by atoms with Crippen LogP contribution in [0.2, 0.25) is 0 Å². The summed E-state index contributed by atoms with van der Waals surface area (Å²) in [7, 11) is 0. The van der Waals surface area contributed by atoms with Crippen molar-refractivity contribution in [3.63, 3.8) is 0 Å². The highest BCUT2D eigenvalue weighted by Crippen LogP contribution is 2.30. The third-order valence-corrected chi connectivity index (χ3v) is 3.77. The van der Waals surface area contributed by atoms with Crippen LogP contribution in [-0.4, -0.2) is 17.7 Å². The van der Waals surface area contributed by atoms with Crippen LogP contribution >= 0.6 is 0 Å². The lowest BCUT2D eigenvalue weighted by atomic mass is 10.1. The summed E-state index contributed by atoms with van der Waals surface area (Å²) in [6.45, 7) is 0.616. The Morgan fingerprint density at radius 3 is 2.68 bits per heavy atom. The maximum Gasteiger partial charge on any atom is 0.326 e. The van der Waals surface area contributed by atoms with Crippen molar-refractivity contribution in [2.75, 3.05) is 16.8 Å². The molecule has 0 bridgehead atoms. The molecule has 1 heterocycles. The molecule has 0 saturated carbocycles. The van der Waals surface area contributed by atoms with Crippen LogP contribution in [0.25, 0.3) is 0 Å². The molecule has 2 amide bonds. The second kappa shape index (κ2) is 6.05. The molecule has 0 aliphatic carbocycles. The number of aryl methyl sites for hydroxylation is 1. The van der Waals surface area contributed by atoms with E-state index in [1.165, 1.54) is 24.3 Å². The number of carbonyl (C=O) groups is 1. The number of hydrogen-bond acceptors (Lipinski definition) is 2. The van der Waals surface area contributed by atoms with Gasteiger partial charge in [-0.15, -0.1) is 0 Å². The molecule has 0 spiro atoms. The third-order valence-electron chi connectivity index (χ3n) is 3.77. The average molecular weight is 300 g/mol. The van der Waals surface area contributed by atoms with E-state index in [0.717, 1.165) is 30.5 Å². The molecule has 22 heavy (non-hydrogen) atoms. The second-order valence-corrected chi connectivity index (χ2v) is 5.36. The van der Waals surface area contributed by atoms with Crippen LogP contribution in [0.5, 0.6) is 5.75 Å². The molecular formula is C17H17FN2O2. The number of rotatable bonds is 1. The number of fused-ring (bicyclic) bond motifs is 1. The summed E-state index contributed by atoms with van der Waals surface area (Å²) in [5.74, 6) is -0.131. The summed E-state index contributed by atoms with van der Waals surface area (Å²) < 4.78 is 12.9. The number of carbonyl (C=O) groups excluding carboxylic acids is 1. The second-order valence-electron chi connectivity index (χ2n) is 5.36. The third kappa shape index (κ3) is 3.03. The van der Waals surface area contributed by atoms with E-state index in [1.807, 2.05) is 0 Å². The van der Waals surface area contributed by atoms with E-state index in [1.54, 1.807) is 23.1 Å². The summed E-state index contributed by atoms with van der Waals surface area (Å²) in [5.41, 5.74) is 2.33. The van der Waals surface area contributed by atoms with Gasteiger partial charge in [0, 0.05) is 17.9 Å². The van der Waals surface area contributed by atoms with Crippen molar-refractivity contribution in [2.45, 2.75) is 19.3 Å². The zero-order chi connectivity index (χ0) is 15.5. The normalized spacial score (nSPS) is 14.1. The molecule has 0 unspecified atom stereocenters. The van der Waals surface area contributed by atoms with Gasteiger partial charge < -0.3 is 10.4 Å². The molecule has 2 aromatic rings. The number of nitrogens with zero attached hydrogens (tertiary/aromatic N) is 1. The fraction of sp³-hybridized carbons (Fsp3) is 0.235. The highest BCUT2D eigenvalue weighted by atomic mass is 19.1. The minimum Gasteiger partial charge on any atom is -0.508 e. The molecule has 0 radical (unpaired) electrons. The molecule has 2 aromatic carbocycles. The number of benzene rings is 2. The molecule has 1 aliphatic rings. The zero-order valence-electron chi connectivity index (χ0n) is 12.1. The van der Waals surface area contributed by atoms with E-state index in [9.17, 15) is 14.3 Å². The number of phenolic OH excluding ortho intramolecular Hbond substituents is 1. The summed E-state index contributed by atoms with van der Waals surface area (Å²) in [6, 6.07) is 10.5. The SMILES string of the molecule is O=C(Nc1ccc(F)cc1)N1CCCCc2cc(O)ccc21. The number of anilines is 2. The lowest BCUT2D eigenvalue weighted by Crippen LogP contribution is -2.35. The van der Waals surface area contributed by atoms with Crippen LogP contribution in [0.1, 0.15) is 18.4 Å². The van der Waals surface area contributed by atoms with E-state index in [2.05, 4.69) is 5.32 Å². The Morgan fingerprint density at radius 2 is 1.91 bits per heavy atom. The molecule has 114 valence electrons. The lowest BCUT2D eigenvalue weighted by Gasteiger charge is -2.23. The van der Waals surface area contributed by atoms with E-state index < -0.39 is 0 Å². The van der Waals surface area contributed by atoms with Crippen LogP contribution < -0.4 is 10.2 Å². The van der Waals surface area contributed by atoms with Crippen LogP contribution in [0.15, 0.2) is 42.5 Å². The maximum absolute atomic E-state index is 12.9. The van der Waals surface area contributed by atoms with Gasteiger partial charge in [-0.05, 0) is 67.3 Å². The Morgan fingerprint density at radius 1 is 1.14 bits per heavy atom. The van der Waals surface area contributed by atoms with Gasteiger partial charge in [-0.25, -0.2) is 9.18 Å². The van der Waals surface area contributed by atoms with E-state index in [0.29, 0.717) is 12.2 Å². The van der Waals surface area contributed by atoms with Crippen LogP contribution in [0.3, 0.4) is 0 Å². The smallest absolute Gasteiger partial charge is 0.326 e. The van der Waals surface area contributed by atoms with Crippen LogP contribution in [-0.2, 0) is 6.42 Å². The zero-order valence-corrected chi connectivity index (χ0v) is 12.1. The summed E-state index contributed by atoms with van der Waals surface area (Å²) in [4.78, 5) is 14.2. The van der Waals surface area contributed by atoms with Crippen molar-refractivity contribution in [3.8, 4) is 5.75 Å². The standard InChI is InChI=1S/C17H17FN2O2/c18-13-4-6-14(7-5-13)19-17(22)20-10-2-1-3-12-11-15(21)8-9-16(12)20/h4-9,11,21H,1-3,10H2,(H,19,22). The average Bonchev–Trinajstić information content (AvgIpc) is 2.71. The first-order chi connectivity index (χ1) is 10.6.